The van der Waals surface area contributed by atoms with Crippen LogP contribution >= 0.6 is 0 Å². The summed E-state index contributed by atoms with van der Waals surface area (Å²) in [6.45, 7) is 1.81. The van der Waals surface area contributed by atoms with Crippen LogP contribution in [0, 0.1) is 0 Å². The zero-order valence-electron chi connectivity index (χ0n) is 16.8. The van der Waals surface area contributed by atoms with E-state index in [0.29, 0.717) is 46.1 Å². The van der Waals surface area contributed by atoms with Crippen molar-refractivity contribution >= 4 is 11.8 Å². The smallest absolute Gasteiger partial charge is 0.336 e. The Morgan fingerprint density at radius 1 is 1.00 bits per heavy atom. The van der Waals surface area contributed by atoms with Gasteiger partial charge in [0.05, 0.1) is 39.9 Å². The number of ketones is 1. The Balaban J connectivity index is 2.30. The number of allylic oxidation sites excluding steroid dienone is 3. The van der Waals surface area contributed by atoms with Crippen molar-refractivity contribution in [2.24, 2.45) is 0 Å². The molecule has 0 aromatic heterocycles. The third kappa shape index (κ3) is 3.21. The summed E-state index contributed by atoms with van der Waals surface area (Å²) in [4.78, 5) is 25.6. The number of rotatable bonds is 5. The summed E-state index contributed by atoms with van der Waals surface area (Å²) < 4.78 is 21.4. The molecule has 0 saturated heterocycles. The highest BCUT2D eigenvalue weighted by Crippen LogP contribution is 2.48. The molecule has 0 fully saturated rings. The van der Waals surface area contributed by atoms with Crippen LogP contribution in [0.5, 0.6) is 17.2 Å². The van der Waals surface area contributed by atoms with Gasteiger partial charge in [0.1, 0.15) is 5.75 Å². The lowest BCUT2D eigenvalue weighted by Gasteiger charge is -2.34. The maximum Gasteiger partial charge on any atom is 0.336 e. The normalized spacial score (nSPS) is 19.0. The van der Waals surface area contributed by atoms with E-state index in [4.69, 9.17) is 18.9 Å². The van der Waals surface area contributed by atoms with Crippen LogP contribution in [0.4, 0.5) is 0 Å². The highest BCUT2D eigenvalue weighted by Gasteiger charge is 2.40. The first-order valence-electron chi connectivity index (χ1n) is 9.09. The van der Waals surface area contributed by atoms with Crippen molar-refractivity contribution < 1.29 is 28.5 Å². The quantitative estimate of drug-likeness (QED) is 0.778. The van der Waals surface area contributed by atoms with Crippen LogP contribution in [0.15, 0.2) is 34.7 Å². The topological polar surface area (TPSA) is 83.1 Å². The number of methoxy groups -OCH3 is 4. The van der Waals surface area contributed by atoms with Crippen LogP contribution < -0.4 is 19.5 Å². The molecule has 0 saturated carbocycles. The number of carbonyl (C=O) groups is 2. The largest absolute Gasteiger partial charge is 0.496 e. The minimum Gasteiger partial charge on any atom is -0.496 e. The Kier molecular flexibility index (Phi) is 5.63. The highest BCUT2D eigenvalue weighted by molar-refractivity contribution is 6.04. The average molecular weight is 387 g/mol. The van der Waals surface area contributed by atoms with E-state index in [0.717, 1.165) is 18.5 Å². The fourth-order valence-corrected chi connectivity index (χ4v) is 3.95. The van der Waals surface area contributed by atoms with Gasteiger partial charge in [-0.3, -0.25) is 4.79 Å². The zero-order chi connectivity index (χ0) is 20.4. The molecule has 3 rings (SSSR count). The van der Waals surface area contributed by atoms with Crippen LogP contribution in [-0.4, -0.2) is 40.2 Å². The first-order valence-corrected chi connectivity index (χ1v) is 9.09. The van der Waals surface area contributed by atoms with Gasteiger partial charge in [0.2, 0.25) is 0 Å². The summed E-state index contributed by atoms with van der Waals surface area (Å²) in [7, 11) is 5.95. The maximum absolute atomic E-state index is 12.9. The molecule has 0 bridgehead atoms. The van der Waals surface area contributed by atoms with Gasteiger partial charge in [-0.25, -0.2) is 4.79 Å². The molecule has 1 aliphatic carbocycles. The minimum atomic E-state index is -0.605. The molecule has 1 atom stereocenters. The van der Waals surface area contributed by atoms with Crippen molar-refractivity contribution in [3.05, 3.63) is 40.2 Å². The van der Waals surface area contributed by atoms with Crippen LogP contribution in [0.2, 0.25) is 0 Å². The molecular formula is C21H25NO6. The molecule has 2 aliphatic rings. The van der Waals surface area contributed by atoms with E-state index in [9.17, 15) is 9.59 Å². The fourth-order valence-electron chi connectivity index (χ4n) is 3.95. The van der Waals surface area contributed by atoms with Crippen molar-refractivity contribution in [3.63, 3.8) is 0 Å². The molecule has 28 heavy (non-hydrogen) atoms. The van der Waals surface area contributed by atoms with Crippen molar-refractivity contribution in [2.45, 2.75) is 32.1 Å². The zero-order valence-corrected chi connectivity index (χ0v) is 16.8. The predicted molar refractivity (Wildman–Crippen MR) is 103 cm³/mol. The van der Waals surface area contributed by atoms with Crippen molar-refractivity contribution in [2.75, 3.05) is 28.4 Å². The first-order chi connectivity index (χ1) is 13.5. The van der Waals surface area contributed by atoms with E-state index in [1.165, 1.54) is 28.4 Å². The molecule has 1 aromatic rings. The fraction of sp³-hybridized carbons (Fsp3) is 0.429. The number of hydrogen-bond donors (Lipinski definition) is 1. The molecule has 1 N–H and O–H groups in total. The van der Waals surface area contributed by atoms with E-state index >= 15 is 0 Å². The number of benzene rings is 1. The summed E-state index contributed by atoms with van der Waals surface area (Å²) in [5.41, 5.74) is 3.15. The van der Waals surface area contributed by atoms with Gasteiger partial charge >= 0.3 is 5.97 Å². The number of nitrogens with one attached hydrogen (secondary N) is 1. The Morgan fingerprint density at radius 3 is 2.25 bits per heavy atom. The van der Waals surface area contributed by atoms with Gasteiger partial charge in [0.15, 0.2) is 17.3 Å². The third-order valence-corrected chi connectivity index (χ3v) is 5.23. The summed E-state index contributed by atoms with van der Waals surface area (Å²) >= 11 is 0. The average Bonchev–Trinajstić information content (AvgIpc) is 2.71. The molecule has 7 heteroatoms. The Morgan fingerprint density at radius 2 is 1.64 bits per heavy atom. The second-order valence-corrected chi connectivity index (χ2v) is 6.71. The Hall–Kier alpha value is -2.96. The predicted octanol–water partition coefficient (Wildman–Crippen LogP) is 2.85. The molecule has 0 spiro atoms. The molecule has 1 heterocycles. The molecule has 0 radical (unpaired) electrons. The maximum atomic E-state index is 12.9. The lowest BCUT2D eigenvalue weighted by Crippen LogP contribution is -2.34. The number of Topliss-reactive ketones (excluding diaryl/α,β-unsaturated/α-hetero) is 1. The summed E-state index contributed by atoms with van der Waals surface area (Å²) in [5.74, 6) is 0.419. The monoisotopic (exact) mass is 387 g/mol. The lowest BCUT2D eigenvalue weighted by molar-refractivity contribution is -0.136. The van der Waals surface area contributed by atoms with E-state index in [1.807, 2.05) is 6.92 Å². The van der Waals surface area contributed by atoms with Gasteiger partial charge < -0.3 is 24.3 Å². The van der Waals surface area contributed by atoms with Crippen molar-refractivity contribution in [1.29, 1.82) is 0 Å². The molecule has 150 valence electrons. The number of hydrogen-bond acceptors (Lipinski definition) is 7. The van der Waals surface area contributed by atoms with Gasteiger partial charge in [0, 0.05) is 35.0 Å². The minimum absolute atomic E-state index is 0.0180. The second kappa shape index (κ2) is 7.96. The summed E-state index contributed by atoms with van der Waals surface area (Å²) in [5, 5.41) is 3.24. The third-order valence-electron chi connectivity index (χ3n) is 5.23. The van der Waals surface area contributed by atoms with Crippen LogP contribution in [-0.2, 0) is 14.3 Å². The van der Waals surface area contributed by atoms with E-state index < -0.39 is 11.9 Å². The number of carbonyl (C=O) groups excluding carboxylic acids is 2. The van der Waals surface area contributed by atoms with Crippen LogP contribution in [0.25, 0.3) is 0 Å². The van der Waals surface area contributed by atoms with Crippen molar-refractivity contribution in [1.82, 2.24) is 5.32 Å². The molecular weight excluding hydrogens is 362 g/mol. The second-order valence-electron chi connectivity index (χ2n) is 6.71. The van der Waals surface area contributed by atoms with Crippen LogP contribution in [0.1, 0.15) is 37.7 Å². The SMILES string of the molecule is COC(=O)C1=C(C)NC2=C(C(=O)CCC2)[C@@H]1c1cc(OC)c(OC)cc1OC. The lowest BCUT2D eigenvalue weighted by atomic mass is 9.75. The molecule has 1 aliphatic heterocycles. The molecule has 0 unspecified atom stereocenters. The molecule has 1 aromatic carbocycles. The molecule has 0 amide bonds. The Bertz CT molecular complexity index is 883. The highest BCUT2D eigenvalue weighted by atomic mass is 16.5. The Labute approximate surface area is 164 Å². The number of dihydropyridines is 1. The van der Waals surface area contributed by atoms with Gasteiger partial charge in [-0.2, -0.15) is 0 Å². The van der Waals surface area contributed by atoms with Gasteiger partial charge in [0.25, 0.3) is 0 Å². The van der Waals surface area contributed by atoms with Crippen molar-refractivity contribution in [3.8, 4) is 17.2 Å². The number of ether oxygens (including phenoxy) is 4. The van der Waals surface area contributed by atoms with Crippen LogP contribution in [0.3, 0.4) is 0 Å². The van der Waals surface area contributed by atoms with E-state index in [-0.39, 0.29) is 5.78 Å². The van der Waals surface area contributed by atoms with Gasteiger partial charge in [-0.15, -0.1) is 0 Å². The first kappa shape index (κ1) is 19.8. The van der Waals surface area contributed by atoms with Gasteiger partial charge in [-0.05, 0) is 25.8 Å². The summed E-state index contributed by atoms with van der Waals surface area (Å²) in [6.07, 6.45) is 1.97. The van der Waals surface area contributed by atoms with E-state index in [2.05, 4.69) is 5.32 Å². The van der Waals surface area contributed by atoms with Gasteiger partial charge in [-0.1, -0.05) is 0 Å². The standard InChI is InChI=1S/C21H25NO6/c1-11-18(21(24)28-5)19(20-13(22-11)7-6-8-14(20)23)12-9-16(26-3)17(27-4)10-15(12)25-2/h9-10,19,22H,6-8H2,1-5H3/t19-/m1/s1. The van der Waals surface area contributed by atoms with E-state index in [1.54, 1.807) is 12.1 Å². The summed E-state index contributed by atoms with van der Waals surface area (Å²) in [6, 6.07) is 3.46. The number of esters is 1. The molecule has 7 nitrogen and oxygen atoms in total.